The maximum atomic E-state index is 11.9. The van der Waals surface area contributed by atoms with Gasteiger partial charge in [0, 0.05) is 19.8 Å². The number of thiazole rings is 1. The third-order valence-electron chi connectivity index (χ3n) is 7.04. The standard InChI is InChI=1S/C31H45N3O2S/c1-6-24(14-11-12-22(4)21-36-8-3)19-25-13-9-10-15-26(17-16-25)27-18-23(5)29-28(20-27)33-31(37-29)34-30(35)32-7-2/h10,15-18,20,22,24H,6-9,11-14,19,21H2,1-5H3,(H2,32,33,34,35). The van der Waals surface area contributed by atoms with Gasteiger partial charge >= 0.3 is 6.03 Å². The number of hydrogen-bond donors (Lipinski definition) is 2. The molecule has 0 spiro atoms. The molecule has 1 heterocycles. The van der Waals surface area contributed by atoms with E-state index in [0.717, 1.165) is 42.2 Å². The summed E-state index contributed by atoms with van der Waals surface area (Å²) in [7, 11) is 0. The second kappa shape index (κ2) is 15.1. The summed E-state index contributed by atoms with van der Waals surface area (Å²) >= 11 is 1.52. The van der Waals surface area contributed by atoms with Crippen molar-refractivity contribution in [1.82, 2.24) is 10.3 Å². The number of rotatable bonds is 13. The Morgan fingerprint density at radius 2 is 2.03 bits per heavy atom. The summed E-state index contributed by atoms with van der Waals surface area (Å²) in [6.07, 6.45) is 17.6. The molecule has 2 unspecified atom stereocenters. The van der Waals surface area contributed by atoms with E-state index in [0.29, 0.717) is 17.6 Å². The van der Waals surface area contributed by atoms with E-state index in [4.69, 9.17) is 4.74 Å². The lowest BCUT2D eigenvalue weighted by Crippen LogP contribution is -2.28. The molecule has 0 fully saturated rings. The number of aryl methyl sites for hydroxylation is 1. The number of carbonyl (C=O) groups excluding carboxylic acids is 1. The molecule has 37 heavy (non-hydrogen) atoms. The first-order chi connectivity index (χ1) is 17.9. The van der Waals surface area contributed by atoms with Crippen LogP contribution in [0, 0.1) is 18.8 Å². The van der Waals surface area contributed by atoms with E-state index in [1.807, 2.05) is 6.92 Å². The third-order valence-corrected chi connectivity index (χ3v) is 8.16. The van der Waals surface area contributed by atoms with Gasteiger partial charge in [-0.2, -0.15) is 0 Å². The lowest BCUT2D eigenvalue weighted by Gasteiger charge is -2.19. The van der Waals surface area contributed by atoms with Crippen molar-refractivity contribution in [3.8, 4) is 0 Å². The summed E-state index contributed by atoms with van der Waals surface area (Å²) < 4.78 is 6.70. The average Bonchev–Trinajstić information content (AvgIpc) is 3.26. The molecule has 0 radical (unpaired) electrons. The first-order valence-corrected chi connectivity index (χ1v) is 14.8. The van der Waals surface area contributed by atoms with Gasteiger partial charge < -0.3 is 10.1 Å². The third kappa shape index (κ3) is 9.11. The fourth-order valence-corrected chi connectivity index (χ4v) is 5.80. The molecular formula is C31H45N3O2S. The second-order valence-corrected chi connectivity index (χ2v) is 11.2. The van der Waals surface area contributed by atoms with Crippen molar-refractivity contribution >= 4 is 38.3 Å². The van der Waals surface area contributed by atoms with Crippen molar-refractivity contribution in [3.63, 3.8) is 0 Å². The number of urea groups is 1. The van der Waals surface area contributed by atoms with E-state index < -0.39 is 0 Å². The summed E-state index contributed by atoms with van der Waals surface area (Å²) in [5.41, 5.74) is 6.04. The van der Waals surface area contributed by atoms with Crippen LogP contribution in [0.5, 0.6) is 0 Å². The fraction of sp³-hybridized carbons (Fsp3) is 0.548. The largest absolute Gasteiger partial charge is 0.381 e. The highest BCUT2D eigenvalue weighted by Crippen LogP contribution is 2.33. The molecule has 2 N–H and O–H groups in total. The molecule has 1 aromatic heterocycles. The normalized spacial score (nSPS) is 15.5. The number of amides is 2. The number of allylic oxidation sites excluding steroid dienone is 6. The summed E-state index contributed by atoms with van der Waals surface area (Å²) in [4.78, 5) is 16.6. The van der Waals surface area contributed by atoms with Crippen molar-refractivity contribution in [2.75, 3.05) is 25.1 Å². The van der Waals surface area contributed by atoms with E-state index in [2.05, 4.69) is 79.7 Å². The zero-order valence-corrected chi connectivity index (χ0v) is 24.2. The molecule has 5 nitrogen and oxygen atoms in total. The number of nitrogens with zero attached hydrogens (tertiary/aromatic N) is 1. The Balaban J connectivity index is 1.70. The van der Waals surface area contributed by atoms with Gasteiger partial charge in [0.25, 0.3) is 0 Å². The van der Waals surface area contributed by atoms with E-state index in [-0.39, 0.29) is 6.03 Å². The quantitative estimate of drug-likeness (QED) is 0.276. The molecule has 2 amide bonds. The smallest absolute Gasteiger partial charge is 0.321 e. The van der Waals surface area contributed by atoms with Crippen molar-refractivity contribution in [2.45, 2.75) is 79.6 Å². The minimum Gasteiger partial charge on any atom is -0.381 e. The molecule has 1 aromatic carbocycles. The molecule has 1 aliphatic rings. The van der Waals surface area contributed by atoms with Gasteiger partial charge in [0.2, 0.25) is 0 Å². The number of benzene rings is 1. The van der Waals surface area contributed by atoms with Gasteiger partial charge in [-0.25, -0.2) is 9.78 Å². The van der Waals surface area contributed by atoms with Crippen LogP contribution in [0.3, 0.4) is 0 Å². The highest BCUT2D eigenvalue weighted by molar-refractivity contribution is 7.22. The van der Waals surface area contributed by atoms with Crippen molar-refractivity contribution < 1.29 is 9.53 Å². The topological polar surface area (TPSA) is 63.2 Å². The Morgan fingerprint density at radius 1 is 1.19 bits per heavy atom. The van der Waals surface area contributed by atoms with Crippen molar-refractivity contribution in [3.05, 3.63) is 53.1 Å². The van der Waals surface area contributed by atoms with E-state index >= 15 is 0 Å². The fourth-order valence-electron chi connectivity index (χ4n) is 4.89. The van der Waals surface area contributed by atoms with Crippen LogP contribution in [0.4, 0.5) is 9.93 Å². The number of hydrogen-bond acceptors (Lipinski definition) is 4. The number of ether oxygens (including phenoxy) is 1. The molecule has 1 aliphatic carbocycles. The Labute approximate surface area is 227 Å². The summed E-state index contributed by atoms with van der Waals surface area (Å²) in [5, 5.41) is 6.24. The minimum atomic E-state index is -0.215. The molecule has 0 saturated heterocycles. The maximum absolute atomic E-state index is 11.9. The van der Waals surface area contributed by atoms with Crippen LogP contribution >= 0.6 is 11.3 Å². The SMILES string of the molecule is CCNC(=O)Nc1nc2cc(C3=CC=C(CC(CC)CCCC(C)COCC)CCC=C3)cc(C)c2s1. The van der Waals surface area contributed by atoms with Gasteiger partial charge in [-0.3, -0.25) is 5.32 Å². The zero-order chi connectivity index (χ0) is 26.6. The first-order valence-electron chi connectivity index (χ1n) is 14.0. The highest BCUT2D eigenvalue weighted by atomic mass is 32.1. The van der Waals surface area contributed by atoms with Crippen LogP contribution in [0.2, 0.25) is 0 Å². The Morgan fingerprint density at radius 3 is 2.78 bits per heavy atom. The van der Waals surface area contributed by atoms with E-state index in [1.54, 1.807) is 5.57 Å². The van der Waals surface area contributed by atoms with Gasteiger partial charge in [-0.15, -0.1) is 0 Å². The Hall–Kier alpha value is -2.44. The number of anilines is 1. The molecule has 0 bridgehead atoms. The van der Waals surface area contributed by atoms with Gasteiger partial charge in [-0.1, -0.05) is 74.3 Å². The van der Waals surface area contributed by atoms with Gasteiger partial charge in [0.15, 0.2) is 5.13 Å². The van der Waals surface area contributed by atoms with Crippen molar-refractivity contribution in [1.29, 1.82) is 0 Å². The summed E-state index contributed by atoms with van der Waals surface area (Å²) in [6.45, 7) is 13.0. The average molecular weight is 524 g/mol. The van der Waals surface area contributed by atoms with Crippen LogP contribution in [-0.2, 0) is 4.74 Å². The monoisotopic (exact) mass is 523 g/mol. The van der Waals surface area contributed by atoms with E-state index in [9.17, 15) is 4.79 Å². The second-order valence-electron chi connectivity index (χ2n) is 10.2. The number of carbonyl (C=O) groups is 1. The van der Waals surface area contributed by atoms with Crippen molar-refractivity contribution in [2.24, 2.45) is 11.8 Å². The van der Waals surface area contributed by atoms with Crippen LogP contribution in [0.1, 0.15) is 83.8 Å². The minimum absolute atomic E-state index is 0.215. The van der Waals surface area contributed by atoms with Crippen LogP contribution < -0.4 is 10.6 Å². The van der Waals surface area contributed by atoms with Crippen LogP contribution in [-0.4, -0.2) is 30.8 Å². The lowest BCUT2D eigenvalue weighted by molar-refractivity contribution is 0.111. The first kappa shape index (κ1) is 29.1. The number of fused-ring (bicyclic) bond motifs is 1. The highest BCUT2D eigenvalue weighted by Gasteiger charge is 2.14. The van der Waals surface area contributed by atoms with Gasteiger partial charge in [-0.05, 0) is 87.1 Å². The Bertz CT molecular complexity index is 1120. The molecular weight excluding hydrogens is 478 g/mol. The maximum Gasteiger partial charge on any atom is 0.321 e. The summed E-state index contributed by atoms with van der Waals surface area (Å²) in [6, 6.07) is 4.17. The van der Waals surface area contributed by atoms with Gasteiger partial charge in [0.05, 0.1) is 10.2 Å². The molecule has 2 aromatic rings. The zero-order valence-electron chi connectivity index (χ0n) is 23.4. The molecule has 3 rings (SSSR count). The summed E-state index contributed by atoms with van der Waals surface area (Å²) in [5.74, 6) is 1.39. The molecule has 0 saturated carbocycles. The van der Waals surface area contributed by atoms with Crippen LogP contribution in [0.25, 0.3) is 15.8 Å². The predicted octanol–water partition coefficient (Wildman–Crippen LogP) is 8.67. The molecule has 202 valence electrons. The predicted molar refractivity (Wildman–Crippen MR) is 159 cm³/mol. The van der Waals surface area contributed by atoms with Crippen LogP contribution in [0.15, 0.2) is 42.0 Å². The van der Waals surface area contributed by atoms with E-state index in [1.165, 1.54) is 60.1 Å². The number of nitrogens with one attached hydrogen (secondary N) is 2. The lowest BCUT2D eigenvalue weighted by atomic mass is 9.88. The molecule has 2 atom stereocenters. The number of aromatic nitrogens is 1. The molecule has 6 heteroatoms. The molecule has 0 aliphatic heterocycles. The van der Waals surface area contributed by atoms with Gasteiger partial charge in [0.1, 0.15) is 0 Å². The Kier molecular flexibility index (Phi) is 11.9.